The van der Waals surface area contributed by atoms with Gasteiger partial charge in [-0.05, 0) is 22.0 Å². The van der Waals surface area contributed by atoms with Crippen molar-refractivity contribution in [3.8, 4) is 0 Å². The van der Waals surface area contributed by atoms with Crippen LogP contribution in [0.3, 0.4) is 0 Å². The SMILES string of the molecule is O[C@@H]1COC[C@H]1c1occc1Br. The van der Waals surface area contributed by atoms with E-state index in [1.807, 2.05) is 6.07 Å². The van der Waals surface area contributed by atoms with E-state index in [1.54, 1.807) is 6.26 Å². The molecule has 1 aromatic heterocycles. The molecule has 2 rings (SSSR count). The Bertz CT molecular complexity index is 271. The first-order valence-corrected chi connectivity index (χ1v) is 4.57. The molecule has 1 aliphatic rings. The fraction of sp³-hybridized carbons (Fsp3) is 0.500. The minimum atomic E-state index is -0.438. The predicted molar refractivity (Wildman–Crippen MR) is 46.0 cm³/mol. The number of aliphatic hydroxyl groups is 1. The van der Waals surface area contributed by atoms with Crippen molar-refractivity contribution in [1.29, 1.82) is 0 Å². The molecule has 1 aliphatic heterocycles. The van der Waals surface area contributed by atoms with Gasteiger partial charge in [-0.2, -0.15) is 0 Å². The van der Waals surface area contributed by atoms with Gasteiger partial charge in [0, 0.05) is 0 Å². The van der Waals surface area contributed by atoms with Crippen LogP contribution in [0.2, 0.25) is 0 Å². The molecule has 2 atom stereocenters. The summed E-state index contributed by atoms with van der Waals surface area (Å²) in [4.78, 5) is 0. The maximum atomic E-state index is 9.48. The summed E-state index contributed by atoms with van der Waals surface area (Å²) in [5.74, 6) is 0.759. The third-order valence-electron chi connectivity index (χ3n) is 2.03. The molecule has 0 unspecified atom stereocenters. The molecule has 2 heterocycles. The Balaban J connectivity index is 2.24. The van der Waals surface area contributed by atoms with Gasteiger partial charge in [-0.1, -0.05) is 0 Å². The second-order valence-electron chi connectivity index (χ2n) is 2.84. The normalized spacial score (nSPS) is 29.5. The summed E-state index contributed by atoms with van der Waals surface area (Å²) in [6.45, 7) is 0.936. The van der Waals surface area contributed by atoms with Gasteiger partial charge in [0.05, 0.1) is 36.0 Å². The third-order valence-corrected chi connectivity index (χ3v) is 2.69. The summed E-state index contributed by atoms with van der Waals surface area (Å²) in [5.41, 5.74) is 0. The van der Waals surface area contributed by atoms with Crippen LogP contribution in [0.25, 0.3) is 0 Å². The molecular weight excluding hydrogens is 224 g/mol. The lowest BCUT2D eigenvalue weighted by Gasteiger charge is -2.08. The van der Waals surface area contributed by atoms with Gasteiger partial charge >= 0.3 is 0 Å². The van der Waals surface area contributed by atoms with Crippen molar-refractivity contribution in [2.45, 2.75) is 12.0 Å². The number of rotatable bonds is 1. The summed E-state index contributed by atoms with van der Waals surface area (Å²) < 4.78 is 11.2. The largest absolute Gasteiger partial charge is 0.468 e. The van der Waals surface area contributed by atoms with Crippen molar-refractivity contribution in [2.75, 3.05) is 13.2 Å². The van der Waals surface area contributed by atoms with Gasteiger partial charge in [0.2, 0.25) is 0 Å². The van der Waals surface area contributed by atoms with E-state index in [2.05, 4.69) is 15.9 Å². The molecule has 0 aliphatic carbocycles. The summed E-state index contributed by atoms with van der Waals surface area (Å²) in [6, 6.07) is 1.82. The highest BCUT2D eigenvalue weighted by Gasteiger charge is 2.31. The first-order valence-electron chi connectivity index (χ1n) is 3.77. The van der Waals surface area contributed by atoms with Crippen LogP contribution in [0, 0.1) is 0 Å². The molecule has 1 fully saturated rings. The fourth-order valence-electron chi connectivity index (χ4n) is 1.36. The van der Waals surface area contributed by atoms with Crippen LogP contribution in [0.4, 0.5) is 0 Å². The van der Waals surface area contributed by atoms with Crippen molar-refractivity contribution in [3.63, 3.8) is 0 Å². The molecule has 0 aromatic carbocycles. The van der Waals surface area contributed by atoms with Crippen LogP contribution in [-0.4, -0.2) is 24.4 Å². The first-order chi connectivity index (χ1) is 5.79. The van der Waals surface area contributed by atoms with Crippen LogP contribution in [0.15, 0.2) is 21.2 Å². The van der Waals surface area contributed by atoms with Gasteiger partial charge in [-0.3, -0.25) is 0 Å². The van der Waals surface area contributed by atoms with E-state index in [9.17, 15) is 5.11 Å². The van der Waals surface area contributed by atoms with Crippen LogP contribution in [-0.2, 0) is 4.74 Å². The van der Waals surface area contributed by atoms with Crippen LogP contribution in [0.5, 0.6) is 0 Å². The second kappa shape index (κ2) is 3.20. The number of hydrogen-bond donors (Lipinski definition) is 1. The topological polar surface area (TPSA) is 42.6 Å². The smallest absolute Gasteiger partial charge is 0.125 e. The molecule has 3 nitrogen and oxygen atoms in total. The molecule has 0 amide bonds. The first kappa shape index (κ1) is 8.29. The number of aliphatic hydroxyl groups excluding tert-OH is 1. The summed E-state index contributed by atoms with van der Waals surface area (Å²) >= 11 is 3.34. The van der Waals surface area contributed by atoms with Crippen LogP contribution in [0.1, 0.15) is 11.7 Å². The molecule has 0 radical (unpaired) electrons. The van der Waals surface area contributed by atoms with Gasteiger partial charge in [-0.25, -0.2) is 0 Å². The zero-order valence-corrected chi connectivity index (χ0v) is 7.95. The molecule has 12 heavy (non-hydrogen) atoms. The number of hydrogen-bond acceptors (Lipinski definition) is 3. The van der Waals surface area contributed by atoms with E-state index in [0.717, 1.165) is 10.2 Å². The van der Waals surface area contributed by atoms with Crippen molar-refractivity contribution < 1.29 is 14.3 Å². The molecular formula is C8H9BrO3. The summed E-state index contributed by atoms with van der Waals surface area (Å²) in [5, 5.41) is 9.48. The average Bonchev–Trinajstić information content (AvgIpc) is 2.59. The third kappa shape index (κ3) is 1.30. The Morgan fingerprint density at radius 2 is 2.33 bits per heavy atom. The second-order valence-corrected chi connectivity index (χ2v) is 3.70. The average molecular weight is 233 g/mol. The standard InChI is InChI=1S/C8H9BrO3/c9-6-1-2-12-8(6)5-3-11-4-7(5)10/h1-2,5,7,10H,3-4H2/t5-,7-/m1/s1. The molecule has 0 bridgehead atoms. The highest BCUT2D eigenvalue weighted by Crippen LogP contribution is 2.31. The maximum absolute atomic E-state index is 9.48. The molecule has 4 heteroatoms. The minimum Gasteiger partial charge on any atom is -0.468 e. The molecule has 1 aromatic rings. The van der Waals surface area contributed by atoms with E-state index in [1.165, 1.54) is 0 Å². The quantitative estimate of drug-likeness (QED) is 0.799. The molecule has 0 saturated carbocycles. The van der Waals surface area contributed by atoms with E-state index in [0.29, 0.717) is 13.2 Å². The molecule has 0 spiro atoms. The lowest BCUT2D eigenvalue weighted by atomic mass is 10.0. The zero-order valence-electron chi connectivity index (χ0n) is 6.37. The van der Waals surface area contributed by atoms with E-state index < -0.39 is 6.10 Å². The highest BCUT2D eigenvalue weighted by molar-refractivity contribution is 9.10. The summed E-state index contributed by atoms with van der Waals surface area (Å²) in [6.07, 6.45) is 1.16. The van der Waals surface area contributed by atoms with Crippen molar-refractivity contribution >= 4 is 15.9 Å². The molecule has 1 saturated heterocycles. The van der Waals surface area contributed by atoms with Crippen molar-refractivity contribution in [1.82, 2.24) is 0 Å². The molecule has 66 valence electrons. The number of ether oxygens (including phenoxy) is 1. The van der Waals surface area contributed by atoms with Gasteiger partial charge < -0.3 is 14.3 Å². The van der Waals surface area contributed by atoms with Crippen LogP contribution < -0.4 is 0 Å². The number of halogens is 1. The summed E-state index contributed by atoms with van der Waals surface area (Å²) in [7, 11) is 0. The maximum Gasteiger partial charge on any atom is 0.125 e. The van der Waals surface area contributed by atoms with Gasteiger partial charge in [-0.15, -0.1) is 0 Å². The lowest BCUT2D eigenvalue weighted by molar-refractivity contribution is 0.123. The highest BCUT2D eigenvalue weighted by atomic mass is 79.9. The Hall–Kier alpha value is -0.320. The Morgan fingerprint density at radius 3 is 2.83 bits per heavy atom. The van der Waals surface area contributed by atoms with Gasteiger partial charge in [0.1, 0.15) is 5.76 Å². The zero-order chi connectivity index (χ0) is 8.55. The van der Waals surface area contributed by atoms with E-state index in [4.69, 9.17) is 9.15 Å². The fourth-order valence-corrected chi connectivity index (χ4v) is 1.86. The minimum absolute atomic E-state index is 0.0191. The monoisotopic (exact) mass is 232 g/mol. The van der Waals surface area contributed by atoms with Crippen molar-refractivity contribution in [2.24, 2.45) is 0 Å². The predicted octanol–water partition coefficient (Wildman–Crippen LogP) is 1.52. The van der Waals surface area contributed by atoms with Crippen LogP contribution >= 0.6 is 15.9 Å². The van der Waals surface area contributed by atoms with Gasteiger partial charge in [0.15, 0.2) is 0 Å². The Kier molecular flexibility index (Phi) is 2.21. The van der Waals surface area contributed by atoms with Crippen molar-refractivity contribution in [3.05, 3.63) is 22.6 Å². The Labute approximate surface area is 78.5 Å². The van der Waals surface area contributed by atoms with Gasteiger partial charge in [0.25, 0.3) is 0 Å². The lowest BCUT2D eigenvalue weighted by Crippen LogP contribution is -2.15. The van der Waals surface area contributed by atoms with E-state index in [-0.39, 0.29) is 5.92 Å². The molecule has 1 N–H and O–H groups in total. The Morgan fingerprint density at radius 1 is 1.50 bits per heavy atom. The number of furan rings is 1. The van der Waals surface area contributed by atoms with E-state index >= 15 is 0 Å².